The molecule has 3 amide bonds. The summed E-state index contributed by atoms with van der Waals surface area (Å²) in [6.45, 7) is 9.07. The van der Waals surface area contributed by atoms with Crippen molar-refractivity contribution in [3.05, 3.63) is 47.5 Å². The fourth-order valence-electron chi connectivity index (χ4n) is 6.96. The molecule has 5 rings (SSSR count). The number of aromatic nitrogens is 2. The van der Waals surface area contributed by atoms with E-state index >= 15 is 4.39 Å². The highest BCUT2D eigenvalue weighted by atomic mass is 19.1. The molecule has 0 spiro atoms. The van der Waals surface area contributed by atoms with Crippen LogP contribution in [0.4, 0.5) is 10.1 Å². The number of amides is 3. The Morgan fingerprint density at radius 2 is 1.70 bits per heavy atom. The molecule has 2 N–H and O–H groups in total. The third-order valence-electron chi connectivity index (χ3n) is 10.5. The van der Waals surface area contributed by atoms with E-state index in [2.05, 4.69) is 27.6 Å². The summed E-state index contributed by atoms with van der Waals surface area (Å²) in [7, 11) is 2.01. The van der Waals surface area contributed by atoms with Crippen molar-refractivity contribution in [2.45, 2.75) is 90.6 Å². The Kier molecular flexibility index (Phi) is 11.5. The predicted molar refractivity (Wildman–Crippen MR) is 178 cm³/mol. The van der Waals surface area contributed by atoms with Crippen LogP contribution in [0.25, 0.3) is 0 Å². The van der Waals surface area contributed by atoms with Crippen LogP contribution in [0.5, 0.6) is 0 Å². The first-order chi connectivity index (χ1) is 22.5. The van der Waals surface area contributed by atoms with Gasteiger partial charge in [0.25, 0.3) is 0 Å². The minimum Gasteiger partial charge on any atom is -0.344 e. The molecule has 0 unspecified atom stereocenters. The minimum absolute atomic E-state index is 0.0285. The van der Waals surface area contributed by atoms with Crippen molar-refractivity contribution in [2.24, 2.45) is 23.7 Å². The topological polar surface area (TPSA) is 117 Å². The first-order valence-corrected chi connectivity index (χ1v) is 17.5. The number of carbonyl (C=O) groups is 4. The van der Waals surface area contributed by atoms with Crippen LogP contribution < -0.4 is 10.6 Å². The molecule has 11 heteroatoms. The molecule has 256 valence electrons. The highest BCUT2D eigenvalue weighted by Gasteiger charge is 2.36. The lowest BCUT2D eigenvalue weighted by molar-refractivity contribution is -0.138. The fourth-order valence-corrected chi connectivity index (χ4v) is 6.96. The zero-order chi connectivity index (χ0) is 33.7. The third-order valence-corrected chi connectivity index (χ3v) is 10.5. The second kappa shape index (κ2) is 15.5. The van der Waals surface area contributed by atoms with Gasteiger partial charge in [0.1, 0.15) is 17.6 Å². The number of benzene rings is 1. The number of likely N-dealkylation sites (N-methyl/N-ethyl adjacent to an activating group) is 1. The standard InChI is InChI=1S/C36H51FN6O4/c1-5-33(45)40-34(36(47)42-18-16-41(4)17-19-42)24(3)27-12-13-30(29(37)20-27)39-35(46)28(26-10-6-23(2)7-11-26)21-32(44)31-14-15-38-43(31)22-25-8-9-25/h12-15,20,23-26,28,34H,5-11,16-19,21-22H2,1-4H3,(H,39,46)(H,40,45)/t23?,24-,26?,28-,34+/m0/s1. The first kappa shape index (κ1) is 34.7. The molecule has 1 aromatic heterocycles. The summed E-state index contributed by atoms with van der Waals surface area (Å²) in [6, 6.07) is 5.44. The van der Waals surface area contributed by atoms with Crippen LogP contribution in [0.3, 0.4) is 0 Å². The van der Waals surface area contributed by atoms with Gasteiger partial charge in [0, 0.05) is 63.6 Å². The number of Topliss-reactive ketones (excluding diaryl/α,β-unsaturated/α-hetero) is 1. The minimum atomic E-state index is -0.844. The van der Waals surface area contributed by atoms with Gasteiger partial charge in [-0.05, 0) is 74.2 Å². The smallest absolute Gasteiger partial charge is 0.245 e. The molecule has 1 aliphatic heterocycles. The average Bonchev–Trinajstić information content (AvgIpc) is 3.76. The van der Waals surface area contributed by atoms with E-state index in [1.54, 1.807) is 41.8 Å². The highest BCUT2D eigenvalue weighted by molar-refractivity contribution is 6.00. The quantitative estimate of drug-likeness (QED) is 0.299. The number of anilines is 1. The van der Waals surface area contributed by atoms with Gasteiger partial charge in [-0.1, -0.05) is 39.7 Å². The van der Waals surface area contributed by atoms with E-state index in [0.29, 0.717) is 42.7 Å². The SMILES string of the molecule is CCC(=O)N[C@@H](C(=O)N1CCN(C)CC1)[C@@H](C)c1ccc(NC(=O)[C@@H](CC(=O)c2ccnn2CC2CC2)C2CCC(C)CC2)c(F)c1. The zero-order valence-corrected chi connectivity index (χ0v) is 28.3. The molecule has 0 bridgehead atoms. The third kappa shape index (κ3) is 8.86. The normalized spacial score (nSPS) is 22.3. The molecule has 3 fully saturated rings. The van der Waals surface area contributed by atoms with Gasteiger partial charge in [0.15, 0.2) is 5.78 Å². The van der Waals surface area contributed by atoms with Crippen LogP contribution in [-0.4, -0.2) is 82.4 Å². The molecule has 3 atom stereocenters. The summed E-state index contributed by atoms with van der Waals surface area (Å²) >= 11 is 0. The molecule has 3 aliphatic rings. The van der Waals surface area contributed by atoms with Crippen molar-refractivity contribution in [3.63, 3.8) is 0 Å². The number of rotatable bonds is 13. The lowest BCUT2D eigenvalue weighted by Gasteiger charge is -2.36. The monoisotopic (exact) mass is 650 g/mol. The summed E-state index contributed by atoms with van der Waals surface area (Å²) in [4.78, 5) is 57.3. The van der Waals surface area contributed by atoms with E-state index in [0.717, 1.165) is 51.6 Å². The van der Waals surface area contributed by atoms with Gasteiger partial charge in [-0.25, -0.2) is 4.39 Å². The zero-order valence-electron chi connectivity index (χ0n) is 28.3. The molecule has 2 heterocycles. The summed E-state index contributed by atoms with van der Waals surface area (Å²) < 4.78 is 17.5. The number of hydrogen-bond acceptors (Lipinski definition) is 6. The number of halogens is 1. The fraction of sp³-hybridized carbons (Fsp3) is 0.639. The van der Waals surface area contributed by atoms with Gasteiger partial charge in [-0.15, -0.1) is 0 Å². The van der Waals surface area contributed by atoms with Crippen LogP contribution in [0.2, 0.25) is 0 Å². The van der Waals surface area contributed by atoms with Crippen LogP contribution in [0.15, 0.2) is 30.5 Å². The summed E-state index contributed by atoms with van der Waals surface area (Å²) in [6.07, 6.45) is 7.87. The average molecular weight is 651 g/mol. The number of hydrogen-bond donors (Lipinski definition) is 2. The number of carbonyl (C=O) groups excluding carboxylic acids is 4. The molecule has 2 aromatic rings. The van der Waals surface area contributed by atoms with E-state index in [1.165, 1.54) is 12.1 Å². The van der Waals surface area contributed by atoms with Gasteiger partial charge in [-0.2, -0.15) is 5.10 Å². The van der Waals surface area contributed by atoms with Gasteiger partial charge in [0.2, 0.25) is 17.7 Å². The second-order valence-corrected chi connectivity index (χ2v) is 14.1. The van der Waals surface area contributed by atoms with Crippen LogP contribution in [-0.2, 0) is 20.9 Å². The Bertz CT molecular complexity index is 1420. The second-order valence-electron chi connectivity index (χ2n) is 14.1. The maximum atomic E-state index is 15.7. The highest BCUT2D eigenvalue weighted by Crippen LogP contribution is 2.37. The summed E-state index contributed by atoms with van der Waals surface area (Å²) in [5, 5.41) is 10.0. The molecule has 10 nitrogen and oxygen atoms in total. The largest absolute Gasteiger partial charge is 0.344 e. The van der Waals surface area contributed by atoms with Crippen molar-refractivity contribution >= 4 is 29.2 Å². The molecule has 1 aromatic carbocycles. The molecular weight excluding hydrogens is 599 g/mol. The van der Waals surface area contributed by atoms with Crippen LogP contribution in [0.1, 0.15) is 94.1 Å². The van der Waals surface area contributed by atoms with Crippen molar-refractivity contribution in [1.82, 2.24) is 24.9 Å². The van der Waals surface area contributed by atoms with E-state index in [9.17, 15) is 19.2 Å². The first-order valence-electron chi connectivity index (χ1n) is 17.5. The van der Waals surface area contributed by atoms with E-state index in [-0.39, 0.29) is 48.0 Å². The van der Waals surface area contributed by atoms with Crippen molar-refractivity contribution < 1.29 is 23.6 Å². The van der Waals surface area contributed by atoms with Gasteiger partial charge in [-0.3, -0.25) is 23.9 Å². The molecule has 2 aliphatic carbocycles. The van der Waals surface area contributed by atoms with Crippen molar-refractivity contribution in [1.29, 1.82) is 0 Å². The van der Waals surface area contributed by atoms with E-state index in [4.69, 9.17) is 0 Å². The Morgan fingerprint density at radius 3 is 2.34 bits per heavy atom. The maximum Gasteiger partial charge on any atom is 0.245 e. The lowest BCUT2D eigenvalue weighted by atomic mass is 9.74. The molecule has 2 saturated carbocycles. The Morgan fingerprint density at radius 1 is 1.00 bits per heavy atom. The van der Waals surface area contributed by atoms with E-state index in [1.807, 2.05) is 7.05 Å². The summed E-state index contributed by atoms with van der Waals surface area (Å²) in [5.74, 6) is -1.47. The number of nitrogens with one attached hydrogen (secondary N) is 2. The predicted octanol–water partition coefficient (Wildman–Crippen LogP) is 4.86. The van der Waals surface area contributed by atoms with Crippen LogP contribution >= 0.6 is 0 Å². The van der Waals surface area contributed by atoms with Crippen molar-refractivity contribution in [3.8, 4) is 0 Å². The molecule has 47 heavy (non-hydrogen) atoms. The Labute approximate surface area is 277 Å². The number of ketones is 1. The lowest BCUT2D eigenvalue weighted by Crippen LogP contribution is -2.55. The van der Waals surface area contributed by atoms with E-state index < -0.39 is 23.7 Å². The Hall–Kier alpha value is -3.60. The number of piperazine rings is 1. The molecular formula is C36H51FN6O4. The Balaban J connectivity index is 1.31. The van der Waals surface area contributed by atoms with Gasteiger partial charge < -0.3 is 20.4 Å². The maximum absolute atomic E-state index is 15.7. The van der Waals surface area contributed by atoms with Crippen LogP contribution in [0, 0.1) is 29.5 Å². The molecule has 1 saturated heterocycles. The van der Waals surface area contributed by atoms with Crippen molar-refractivity contribution in [2.75, 3.05) is 38.5 Å². The summed E-state index contributed by atoms with van der Waals surface area (Å²) in [5.41, 5.74) is 1.10. The molecule has 0 radical (unpaired) electrons. The van der Waals surface area contributed by atoms with Gasteiger partial charge in [0.05, 0.1) is 5.69 Å². The number of nitrogens with zero attached hydrogens (tertiary/aromatic N) is 4. The van der Waals surface area contributed by atoms with Gasteiger partial charge >= 0.3 is 0 Å².